The van der Waals surface area contributed by atoms with E-state index in [0.717, 1.165) is 18.2 Å². The van der Waals surface area contributed by atoms with Crippen LogP contribution in [0, 0.1) is 0 Å². The van der Waals surface area contributed by atoms with Crippen molar-refractivity contribution >= 4 is 40.6 Å². The number of carboxylic acid groups (broad SMARTS) is 1. The summed E-state index contributed by atoms with van der Waals surface area (Å²) in [5, 5.41) is 8.03. The zero-order valence-corrected chi connectivity index (χ0v) is 17.3. The van der Waals surface area contributed by atoms with Gasteiger partial charge in [-0.15, -0.1) is 0 Å². The molecule has 1 saturated heterocycles. The van der Waals surface area contributed by atoms with E-state index in [0.29, 0.717) is 22.2 Å². The van der Waals surface area contributed by atoms with Crippen molar-refractivity contribution < 1.29 is 42.1 Å². The van der Waals surface area contributed by atoms with Gasteiger partial charge in [0.1, 0.15) is 0 Å². The molecule has 0 aromatic heterocycles. The third-order valence-electron chi connectivity index (χ3n) is 4.14. The molecule has 1 aliphatic heterocycles. The van der Waals surface area contributed by atoms with Crippen molar-refractivity contribution in [1.29, 1.82) is 0 Å². The number of rotatable bonds is 7. The van der Waals surface area contributed by atoms with Gasteiger partial charge in [-0.05, 0) is 60.7 Å². The number of nitrogens with zero attached hydrogens (tertiary/aromatic N) is 1. The first kappa shape index (κ1) is 23.2. The molecule has 0 saturated carbocycles. The monoisotopic (exact) mass is 467 g/mol. The van der Waals surface area contributed by atoms with Gasteiger partial charge in [0.2, 0.25) is 0 Å². The highest BCUT2D eigenvalue weighted by Gasteiger charge is 2.38. The maximum absolute atomic E-state index is 13.0. The van der Waals surface area contributed by atoms with E-state index < -0.39 is 35.5 Å². The molecule has 0 radical (unpaired) electrons. The summed E-state index contributed by atoms with van der Waals surface area (Å²) in [6.45, 7) is 1.41. The molecular weight excluding hydrogens is 451 g/mol. The third kappa shape index (κ3) is 5.22. The molecule has 1 fully saturated rings. The van der Waals surface area contributed by atoms with E-state index >= 15 is 0 Å². The Morgan fingerprint density at radius 3 is 2.53 bits per heavy atom. The molecule has 0 aliphatic carbocycles. The minimum Gasteiger partial charge on any atom is -0.490 e. The average Bonchev–Trinajstić information content (AvgIpc) is 3.00. The van der Waals surface area contributed by atoms with E-state index in [1.165, 1.54) is 30.3 Å². The van der Waals surface area contributed by atoms with E-state index in [1.54, 1.807) is 6.92 Å². The summed E-state index contributed by atoms with van der Waals surface area (Å²) < 4.78 is 49.5. The van der Waals surface area contributed by atoms with Crippen molar-refractivity contribution in [2.75, 3.05) is 18.1 Å². The second kappa shape index (κ2) is 9.35. The molecule has 7 nitrogen and oxygen atoms in total. The number of carbonyl (C=O) groups is 3. The molecule has 0 spiro atoms. The first-order valence-electron chi connectivity index (χ1n) is 9.17. The number of hydrogen-bond donors (Lipinski definition) is 1. The minimum absolute atomic E-state index is 0.00839. The predicted octanol–water partition coefficient (Wildman–Crippen LogP) is 4.81. The molecule has 32 heavy (non-hydrogen) atoms. The smallest absolute Gasteiger partial charge is 0.416 e. The van der Waals surface area contributed by atoms with E-state index in [-0.39, 0.29) is 28.7 Å². The molecule has 168 valence electrons. The first-order chi connectivity index (χ1) is 15.1. The first-order valence-corrected chi connectivity index (χ1v) is 9.98. The number of thioether (sulfide) groups is 1. The van der Waals surface area contributed by atoms with E-state index in [2.05, 4.69) is 0 Å². The van der Waals surface area contributed by atoms with Crippen LogP contribution in [0.2, 0.25) is 0 Å². The fourth-order valence-corrected chi connectivity index (χ4v) is 3.65. The zero-order chi connectivity index (χ0) is 23.5. The molecule has 3 rings (SSSR count). The number of hydrogen-bond acceptors (Lipinski definition) is 6. The van der Waals surface area contributed by atoms with Gasteiger partial charge in [-0.2, -0.15) is 13.2 Å². The third-order valence-corrected chi connectivity index (χ3v) is 5.01. The maximum atomic E-state index is 13.0. The molecule has 0 atom stereocenters. The fraction of sp³-hybridized carbons (Fsp3) is 0.190. The van der Waals surface area contributed by atoms with Gasteiger partial charge in [-0.3, -0.25) is 9.59 Å². The number of benzene rings is 2. The lowest BCUT2D eigenvalue weighted by Gasteiger charge is -2.15. The highest BCUT2D eigenvalue weighted by molar-refractivity contribution is 8.19. The van der Waals surface area contributed by atoms with Crippen LogP contribution in [-0.2, 0) is 15.8 Å². The van der Waals surface area contributed by atoms with E-state index in [1.807, 2.05) is 0 Å². The number of halogens is 3. The number of aliphatic carboxylic acids is 1. The van der Waals surface area contributed by atoms with Crippen LogP contribution < -0.4 is 14.4 Å². The van der Waals surface area contributed by atoms with Gasteiger partial charge < -0.3 is 14.6 Å². The van der Waals surface area contributed by atoms with Crippen LogP contribution in [0.4, 0.5) is 23.7 Å². The number of carboxylic acids is 1. The fourth-order valence-electron chi connectivity index (χ4n) is 2.80. The van der Waals surface area contributed by atoms with Crippen molar-refractivity contribution in [3.63, 3.8) is 0 Å². The van der Waals surface area contributed by atoms with Gasteiger partial charge in [0.05, 0.1) is 22.8 Å². The van der Waals surface area contributed by atoms with Crippen LogP contribution in [-0.4, -0.2) is 35.4 Å². The summed E-state index contributed by atoms with van der Waals surface area (Å²) in [4.78, 5) is 36.5. The van der Waals surface area contributed by atoms with Crippen LogP contribution in [0.15, 0.2) is 47.4 Å². The quantitative estimate of drug-likeness (QED) is 0.584. The Bertz CT molecular complexity index is 1100. The van der Waals surface area contributed by atoms with Crippen LogP contribution in [0.25, 0.3) is 6.08 Å². The molecule has 2 aromatic rings. The van der Waals surface area contributed by atoms with Gasteiger partial charge in [0, 0.05) is 0 Å². The van der Waals surface area contributed by atoms with Crippen LogP contribution in [0.1, 0.15) is 18.1 Å². The topological polar surface area (TPSA) is 93.1 Å². The summed E-state index contributed by atoms with van der Waals surface area (Å²) in [5.74, 6) is -1.51. The Morgan fingerprint density at radius 2 is 1.88 bits per heavy atom. The number of anilines is 1. The maximum Gasteiger partial charge on any atom is 0.416 e. The Kier molecular flexibility index (Phi) is 6.78. The molecule has 0 bridgehead atoms. The van der Waals surface area contributed by atoms with Gasteiger partial charge in [0.25, 0.3) is 11.1 Å². The molecule has 1 N–H and O–H groups in total. The average molecular weight is 467 g/mol. The number of imide groups is 1. The molecular formula is C21H16F3NO6S. The van der Waals surface area contributed by atoms with Crippen LogP contribution in [0.3, 0.4) is 0 Å². The van der Waals surface area contributed by atoms with Gasteiger partial charge >= 0.3 is 12.1 Å². The molecule has 1 heterocycles. The second-order valence-corrected chi connectivity index (χ2v) is 7.38. The number of alkyl halides is 3. The van der Waals surface area contributed by atoms with Crippen LogP contribution in [0.5, 0.6) is 11.5 Å². The van der Waals surface area contributed by atoms with Gasteiger partial charge in [0.15, 0.2) is 18.1 Å². The number of ether oxygens (including phenoxy) is 2. The standard InChI is InChI=1S/C21H16F3NO6S/c1-2-30-16-8-12(6-7-15(16)31-11-18(26)27)9-17-19(28)25(20(29)32-17)14-5-3-4-13(10-14)21(22,23)24/h3-10H,2,11H2,1H3,(H,26,27)/b17-9+. The molecule has 1 aliphatic rings. The van der Waals surface area contributed by atoms with Crippen molar-refractivity contribution in [3.05, 3.63) is 58.5 Å². The van der Waals surface area contributed by atoms with E-state index in [4.69, 9.17) is 14.6 Å². The molecule has 2 amide bonds. The SMILES string of the molecule is CCOc1cc(/C=C2/SC(=O)N(c3cccc(C(F)(F)F)c3)C2=O)ccc1OCC(=O)O. The molecule has 2 aromatic carbocycles. The summed E-state index contributed by atoms with van der Waals surface area (Å²) in [6.07, 6.45) is -3.23. The van der Waals surface area contributed by atoms with Crippen molar-refractivity contribution in [3.8, 4) is 11.5 Å². The van der Waals surface area contributed by atoms with Gasteiger partial charge in [-0.1, -0.05) is 12.1 Å². The Hall–Kier alpha value is -3.47. The minimum atomic E-state index is -4.62. The lowest BCUT2D eigenvalue weighted by molar-refractivity contribution is -0.139. The summed E-state index contributed by atoms with van der Waals surface area (Å²) in [5.41, 5.74) is -0.708. The summed E-state index contributed by atoms with van der Waals surface area (Å²) in [6, 6.07) is 8.43. The van der Waals surface area contributed by atoms with Crippen LogP contribution >= 0.6 is 11.8 Å². The summed E-state index contributed by atoms with van der Waals surface area (Å²) in [7, 11) is 0. The number of carbonyl (C=O) groups excluding carboxylic acids is 2. The van der Waals surface area contributed by atoms with Crippen molar-refractivity contribution in [1.82, 2.24) is 0 Å². The zero-order valence-electron chi connectivity index (χ0n) is 16.5. The normalized spacial score (nSPS) is 15.4. The Balaban J connectivity index is 1.89. The van der Waals surface area contributed by atoms with Gasteiger partial charge in [-0.25, -0.2) is 9.69 Å². The molecule has 0 unspecified atom stereocenters. The van der Waals surface area contributed by atoms with Crippen molar-refractivity contribution in [2.45, 2.75) is 13.1 Å². The van der Waals surface area contributed by atoms with Crippen molar-refractivity contribution in [2.24, 2.45) is 0 Å². The lowest BCUT2D eigenvalue weighted by Crippen LogP contribution is -2.28. The Labute approximate surface area is 184 Å². The van der Waals surface area contributed by atoms with E-state index in [9.17, 15) is 27.6 Å². The largest absolute Gasteiger partial charge is 0.490 e. The lowest BCUT2D eigenvalue weighted by atomic mass is 10.1. The molecule has 11 heteroatoms. The Morgan fingerprint density at radius 1 is 1.12 bits per heavy atom. The highest BCUT2D eigenvalue weighted by atomic mass is 32.2. The predicted molar refractivity (Wildman–Crippen MR) is 111 cm³/mol. The highest BCUT2D eigenvalue weighted by Crippen LogP contribution is 2.39. The number of amides is 2. The second-order valence-electron chi connectivity index (χ2n) is 6.39. The summed E-state index contributed by atoms with van der Waals surface area (Å²) >= 11 is 0.590.